The summed E-state index contributed by atoms with van der Waals surface area (Å²) in [6, 6.07) is 6.21. The number of carbonyl (C=O) groups excluding carboxylic acids is 1. The standard InChI is InChI=1S/C14H16N2O5/c1-9(2)14(21)15-10-3-5-11(6-4-10)16(7-12(17)18)8-13(19)20/h3-6H,1,7-8H2,2H3,(H,15,21)(H,17,18)(H,19,20). The third-order valence-electron chi connectivity index (χ3n) is 2.53. The predicted octanol–water partition coefficient (Wildman–Crippen LogP) is 1.18. The van der Waals surface area contributed by atoms with Gasteiger partial charge in [-0.2, -0.15) is 0 Å². The predicted molar refractivity (Wildman–Crippen MR) is 77.4 cm³/mol. The molecule has 0 radical (unpaired) electrons. The quantitative estimate of drug-likeness (QED) is 0.651. The van der Waals surface area contributed by atoms with Crippen LogP contribution in [0.15, 0.2) is 36.4 Å². The van der Waals surface area contributed by atoms with E-state index in [-0.39, 0.29) is 5.91 Å². The molecule has 21 heavy (non-hydrogen) atoms. The van der Waals surface area contributed by atoms with Gasteiger partial charge in [0.25, 0.3) is 5.91 Å². The Morgan fingerprint density at radius 1 is 1.10 bits per heavy atom. The first-order valence-corrected chi connectivity index (χ1v) is 6.05. The molecule has 1 aromatic carbocycles. The van der Waals surface area contributed by atoms with Crippen LogP contribution in [0.3, 0.4) is 0 Å². The van der Waals surface area contributed by atoms with Gasteiger partial charge in [-0.15, -0.1) is 0 Å². The van der Waals surface area contributed by atoms with Crippen LogP contribution in [-0.2, 0) is 14.4 Å². The van der Waals surface area contributed by atoms with Crippen LogP contribution in [0.4, 0.5) is 11.4 Å². The molecule has 0 spiro atoms. The topological polar surface area (TPSA) is 107 Å². The number of rotatable bonds is 7. The van der Waals surface area contributed by atoms with Gasteiger partial charge in [0.1, 0.15) is 13.1 Å². The van der Waals surface area contributed by atoms with Crippen LogP contribution in [0, 0.1) is 0 Å². The smallest absolute Gasteiger partial charge is 0.323 e. The molecule has 112 valence electrons. The van der Waals surface area contributed by atoms with Gasteiger partial charge in [0.2, 0.25) is 0 Å². The molecule has 0 unspecified atom stereocenters. The summed E-state index contributed by atoms with van der Waals surface area (Å²) in [7, 11) is 0. The summed E-state index contributed by atoms with van der Waals surface area (Å²) in [5.41, 5.74) is 1.31. The number of hydrogen-bond donors (Lipinski definition) is 3. The fraction of sp³-hybridized carbons (Fsp3) is 0.214. The van der Waals surface area contributed by atoms with E-state index in [1.54, 1.807) is 31.2 Å². The van der Waals surface area contributed by atoms with Crippen molar-refractivity contribution >= 4 is 29.2 Å². The lowest BCUT2D eigenvalue weighted by Crippen LogP contribution is -2.34. The van der Waals surface area contributed by atoms with E-state index < -0.39 is 25.0 Å². The molecule has 0 aliphatic rings. The maximum atomic E-state index is 11.4. The lowest BCUT2D eigenvalue weighted by molar-refractivity contribution is -0.136. The normalized spacial score (nSPS) is 9.76. The van der Waals surface area contributed by atoms with Gasteiger partial charge < -0.3 is 20.4 Å². The van der Waals surface area contributed by atoms with Gasteiger partial charge in [-0.05, 0) is 31.2 Å². The number of nitrogens with one attached hydrogen (secondary N) is 1. The van der Waals surface area contributed by atoms with Gasteiger partial charge in [-0.3, -0.25) is 14.4 Å². The third kappa shape index (κ3) is 5.35. The third-order valence-corrected chi connectivity index (χ3v) is 2.53. The summed E-state index contributed by atoms with van der Waals surface area (Å²) < 4.78 is 0. The van der Waals surface area contributed by atoms with Gasteiger partial charge in [0.05, 0.1) is 0 Å². The maximum absolute atomic E-state index is 11.4. The average molecular weight is 292 g/mol. The minimum atomic E-state index is -1.13. The molecule has 1 amide bonds. The van der Waals surface area contributed by atoms with Crippen LogP contribution in [0.25, 0.3) is 0 Å². The highest BCUT2D eigenvalue weighted by molar-refractivity contribution is 6.02. The molecule has 0 saturated heterocycles. The second-order valence-corrected chi connectivity index (χ2v) is 4.42. The molecule has 0 aliphatic heterocycles. The number of hydrogen-bond acceptors (Lipinski definition) is 4. The molecule has 0 heterocycles. The number of amides is 1. The summed E-state index contributed by atoms with van der Waals surface area (Å²) >= 11 is 0. The molecule has 0 aliphatic carbocycles. The summed E-state index contributed by atoms with van der Waals surface area (Å²) in [6.45, 7) is 4.23. The highest BCUT2D eigenvalue weighted by Gasteiger charge is 2.14. The van der Waals surface area contributed by atoms with Gasteiger partial charge >= 0.3 is 11.9 Å². The van der Waals surface area contributed by atoms with Crippen molar-refractivity contribution in [2.24, 2.45) is 0 Å². The van der Waals surface area contributed by atoms with Crippen LogP contribution in [0.2, 0.25) is 0 Å². The van der Waals surface area contributed by atoms with Crippen molar-refractivity contribution in [1.82, 2.24) is 0 Å². The largest absolute Gasteiger partial charge is 0.480 e. The second-order valence-electron chi connectivity index (χ2n) is 4.42. The highest BCUT2D eigenvalue weighted by Crippen LogP contribution is 2.18. The zero-order valence-electron chi connectivity index (χ0n) is 11.5. The monoisotopic (exact) mass is 292 g/mol. The number of nitrogens with zero attached hydrogens (tertiary/aromatic N) is 1. The van der Waals surface area contributed by atoms with Gasteiger partial charge in [-0.1, -0.05) is 6.58 Å². The Morgan fingerprint density at radius 3 is 1.95 bits per heavy atom. The summed E-state index contributed by atoms with van der Waals surface area (Å²) in [5, 5.41) is 20.2. The van der Waals surface area contributed by atoms with Crippen LogP contribution in [0.1, 0.15) is 6.92 Å². The number of carboxylic acids is 2. The number of carboxylic acid groups (broad SMARTS) is 2. The first kappa shape index (κ1) is 16.2. The summed E-state index contributed by atoms with van der Waals surface area (Å²) in [5.74, 6) is -2.58. The fourth-order valence-corrected chi connectivity index (χ4v) is 1.56. The molecular formula is C14H16N2O5. The molecule has 0 saturated carbocycles. The van der Waals surface area contributed by atoms with Crippen LogP contribution >= 0.6 is 0 Å². The molecule has 0 atom stereocenters. The van der Waals surface area contributed by atoms with E-state index in [0.29, 0.717) is 16.9 Å². The van der Waals surface area contributed by atoms with Gasteiger partial charge in [-0.25, -0.2) is 0 Å². The maximum Gasteiger partial charge on any atom is 0.323 e. The van der Waals surface area contributed by atoms with Crippen LogP contribution in [-0.4, -0.2) is 41.1 Å². The second kappa shape index (κ2) is 7.09. The molecule has 1 aromatic rings. The van der Waals surface area contributed by atoms with E-state index in [4.69, 9.17) is 10.2 Å². The van der Waals surface area contributed by atoms with E-state index in [0.717, 1.165) is 0 Å². The molecular weight excluding hydrogens is 276 g/mol. The zero-order chi connectivity index (χ0) is 16.0. The summed E-state index contributed by atoms with van der Waals surface area (Å²) in [4.78, 5) is 34.2. The number of aliphatic carboxylic acids is 2. The Bertz CT molecular complexity index is 549. The van der Waals surface area contributed by atoms with E-state index in [2.05, 4.69) is 11.9 Å². The van der Waals surface area contributed by atoms with Crippen molar-refractivity contribution in [2.75, 3.05) is 23.3 Å². The number of anilines is 2. The van der Waals surface area contributed by atoms with Crippen molar-refractivity contribution < 1.29 is 24.6 Å². The first-order valence-electron chi connectivity index (χ1n) is 6.05. The fourth-order valence-electron chi connectivity index (χ4n) is 1.56. The molecule has 3 N–H and O–H groups in total. The van der Waals surface area contributed by atoms with Crippen molar-refractivity contribution in [3.63, 3.8) is 0 Å². The minimum Gasteiger partial charge on any atom is -0.480 e. The lowest BCUT2D eigenvalue weighted by Gasteiger charge is -2.20. The first-order chi connectivity index (χ1) is 9.79. The average Bonchev–Trinajstić information content (AvgIpc) is 2.37. The zero-order valence-corrected chi connectivity index (χ0v) is 11.5. The molecule has 7 heteroatoms. The molecule has 0 fully saturated rings. The number of benzene rings is 1. The SMILES string of the molecule is C=C(C)C(=O)Nc1ccc(N(CC(=O)O)CC(=O)O)cc1. The van der Waals surface area contributed by atoms with Crippen molar-refractivity contribution in [2.45, 2.75) is 6.92 Å². The molecule has 0 aromatic heterocycles. The lowest BCUT2D eigenvalue weighted by atomic mass is 10.2. The van der Waals surface area contributed by atoms with Crippen LogP contribution in [0.5, 0.6) is 0 Å². The minimum absolute atomic E-state index is 0.323. The van der Waals surface area contributed by atoms with E-state index in [1.807, 2.05) is 0 Å². The molecule has 1 rings (SSSR count). The molecule has 7 nitrogen and oxygen atoms in total. The Morgan fingerprint density at radius 2 is 1.57 bits per heavy atom. The van der Waals surface area contributed by atoms with Gasteiger partial charge in [0, 0.05) is 16.9 Å². The number of carbonyl (C=O) groups is 3. The Hall–Kier alpha value is -2.83. The van der Waals surface area contributed by atoms with Gasteiger partial charge in [0.15, 0.2) is 0 Å². The summed E-state index contributed by atoms with van der Waals surface area (Å²) in [6.07, 6.45) is 0. The van der Waals surface area contributed by atoms with Crippen molar-refractivity contribution in [1.29, 1.82) is 0 Å². The van der Waals surface area contributed by atoms with E-state index in [1.165, 1.54) is 4.90 Å². The van der Waals surface area contributed by atoms with Crippen molar-refractivity contribution in [3.05, 3.63) is 36.4 Å². The Labute approximate surface area is 121 Å². The Kier molecular flexibility index (Phi) is 5.48. The van der Waals surface area contributed by atoms with E-state index in [9.17, 15) is 14.4 Å². The molecule has 0 bridgehead atoms. The van der Waals surface area contributed by atoms with E-state index >= 15 is 0 Å². The highest BCUT2D eigenvalue weighted by atomic mass is 16.4. The Balaban J connectivity index is 2.86. The van der Waals surface area contributed by atoms with Crippen LogP contribution < -0.4 is 10.2 Å². The van der Waals surface area contributed by atoms with Crippen molar-refractivity contribution in [3.8, 4) is 0 Å².